The average molecular weight is 440 g/mol. The highest BCUT2D eigenvalue weighted by molar-refractivity contribution is 5.85. The fourth-order valence-electron chi connectivity index (χ4n) is 4.56. The molecule has 10 heteroatoms. The quantitative estimate of drug-likeness (QED) is 0.444. The fraction of sp³-hybridized carbons (Fsp3) is 0.889. The summed E-state index contributed by atoms with van der Waals surface area (Å²) < 4.78 is 0. The minimum Gasteiger partial charge on any atom is -0.341 e. The monoisotopic (exact) mass is 439 g/mol. The van der Waals surface area contributed by atoms with Crippen LogP contribution in [-0.4, -0.2) is 91.6 Å². The Kier molecular flexibility index (Phi) is 12.3. The third kappa shape index (κ3) is 7.31. The molecule has 0 aromatic carbocycles. The lowest BCUT2D eigenvalue weighted by atomic mass is 10.0. The van der Waals surface area contributed by atoms with E-state index in [9.17, 15) is 9.59 Å². The van der Waals surface area contributed by atoms with Crippen LogP contribution >= 0.6 is 24.8 Å². The van der Waals surface area contributed by atoms with E-state index in [1.54, 1.807) is 0 Å². The van der Waals surface area contributed by atoms with Gasteiger partial charge < -0.3 is 10.2 Å². The van der Waals surface area contributed by atoms with Gasteiger partial charge in [0.15, 0.2) is 0 Å². The Balaban J connectivity index is 0.00000196. The number of rotatable bonds is 7. The van der Waals surface area contributed by atoms with Crippen LogP contribution in [0.3, 0.4) is 0 Å². The molecule has 28 heavy (non-hydrogen) atoms. The number of amides is 1. The number of halogens is 2. The lowest BCUT2D eigenvalue weighted by molar-refractivity contribution is -0.158. The predicted octanol–water partition coefficient (Wildman–Crippen LogP) is 0.606. The van der Waals surface area contributed by atoms with Crippen molar-refractivity contribution in [3.05, 3.63) is 0 Å². The topological polar surface area (TPSA) is 77.2 Å². The van der Waals surface area contributed by atoms with Gasteiger partial charge in [0.2, 0.25) is 6.41 Å². The van der Waals surface area contributed by atoms with Crippen molar-refractivity contribution < 1.29 is 14.4 Å². The molecule has 1 amide bonds. The second-order valence-electron chi connectivity index (χ2n) is 7.54. The third-order valence-electron chi connectivity index (χ3n) is 5.98. The fourth-order valence-corrected chi connectivity index (χ4v) is 4.56. The zero-order valence-electron chi connectivity index (χ0n) is 16.5. The summed E-state index contributed by atoms with van der Waals surface area (Å²) in [6.45, 7) is 8.42. The summed E-state index contributed by atoms with van der Waals surface area (Å²) in [5.41, 5.74) is 2.03. The first kappa shape index (κ1) is 25.4. The molecule has 164 valence electrons. The van der Waals surface area contributed by atoms with Crippen molar-refractivity contribution in [3.8, 4) is 0 Å². The molecular weight excluding hydrogens is 405 g/mol. The number of hydrogen-bond donors (Lipinski definition) is 2. The molecule has 2 N–H and O–H groups in total. The van der Waals surface area contributed by atoms with Crippen molar-refractivity contribution in [2.45, 2.75) is 50.7 Å². The highest BCUT2D eigenvalue weighted by atomic mass is 35.5. The minimum absolute atomic E-state index is 0. The van der Waals surface area contributed by atoms with E-state index in [1.165, 1.54) is 32.1 Å². The Morgan fingerprint density at radius 2 is 1.61 bits per heavy atom. The Labute approximate surface area is 180 Å². The number of nitrogens with zero attached hydrogens (tertiary/aromatic N) is 3. The minimum atomic E-state index is -0.367. The molecule has 0 aliphatic carbocycles. The Bertz CT molecular complexity index is 455. The van der Waals surface area contributed by atoms with Gasteiger partial charge in [-0.05, 0) is 51.9 Å². The Morgan fingerprint density at radius 3 is 2.21 bits per heavy atom. The van der Waals surface area contributed by atoms with Crippen LogP contribution in [0, 0.1) is 0 Å². The molecule has 0 saturated carbocycles. The lowest BCUT2D eigenvalue weighted by Gasteiger charge is -2.46. The van der Waals surface area contributed by atoms with Crippen molar-refractivity contribution >= 4 is 37.2 Å². The summed E-state index contributed by atoms with van der Waals surface area (Å²) in [6, 6.07) is 0.702. The van der Waals surface area contributed by atoms with Gasteiger partial charge in [-0.25, -0.2) is 4.79 Å². The van der Waals surface area contributed by atoms with Gasteiger partial charge in [0.25, 0.3) is 0 Å². The van der Waals surface area contributed by atoms with Crippen molar-refractivity contribution in [1.82, 2.24) is 25.5 Å². The SMILES string of the molecule is Cl.Cl.O=CNOC(=O)CC(N1CCCCC1)N1CCN(C2CCNCC2)CC1. The van der Waals surface area contributed by atoms with Crippen LogP contribution < -0.4 is 10.8 Å². The van der Waals surface area contributed by atoms with E-state index >= 15 is 0 Å². The van der Waals surface area contributed by atoms with Crippen molar-refractivity contribution in [1.29, 1.82) is 0 Å². The molecule has 0 radical (unpaired) electrons. The standard InChI is InChI=1S/C18H33N5O3.2ClH/c24-15-20-26-18(25)14-17(22-8-2-1-3-9-22)23-12-10-21(11-13-23)16-4-6-19-7-5-16;;/h15-17,19H,1-14H2,(H,20,24);2*1H. The summed E-state index contributed by atoms with van der Waals surface area (Å²) in [6.07, 6.45) is 6.88. The number of likely N-dealkylation sites (tertiary alicyclic amines) is 1. The molecular formula is C18H35Cl2N5O3. The van der Waals surface area contributed by atoms with Crippen molar-refractivity contribution in [2.75, 3.05) is 52.4 Å². The van der Waals surface area contributed by atoms with E-state index in [0.717, 1.165) is 52.4 Å². The van der Waals surface area contributed by atoms with Gasteiger partial charge in [-0.1, -0.05) is 6.42 Å². The Hall–Kier alpha value is -0.640. The molecule has 3 aliphatic rings. The van der Waals surface area contributed by atoms with Crippen LogP contribution in [0.4, 0.5) is 0 Å². The predicted molar refractivity (Wildman–Crippen MR) is 113 cm³/mol. The van der Waals surface area contributed by atoms with Crippen LogP contribution in [0.1, 0.15) is 38.5 Å². The molecule has 3 heterocycles. The van der Waals surface area contributed by atoms with Crippen LogP contribution in [0.15, 0.2) is 0 Å². The highest BCUT2D eigenvalue weighted by Crippen LogP contribution is 2.21. The summed E-state index contributed by atoms with van der Waals surface area (Å²) >= 11 is 0. The van der Waals surface area contributed by atoms with E-state index in [-0.39, 0.29) is 36.9 Å². The molecule has 0 aromatic rings. The first-order chi connectivity index (χ1) is 12.8. The highest BCUT2D eigenvalue weighted by Gasteiger charge is 2.33. The number of carbonyl (C=O) groups excluding carboxylic acids is 2. The van der Waals surface area contributed by atoms with Gasteiger partial charge in [-0.3, -0.25) is 19.5 Å². The van der Waals surface area contributed by atoms with E-state index in [4.69, 9.17) is 4.84 Å². The zero-order valence-corrected chi connectivity index (χ0v) is 18.1. The van der Waals surface area contributed by atoms with E-state index in [0.29, 0.717) is 18.9 Å². The van der Waals surface area contributed by atoms with Crippen LogP contribution in [0.2, 0.25) is 0 Å². The van der Waals surface area contributed by atoms with Gasteiger partial charge >= 0.3 is 5.97 Å². The normalized spacial score (nSPS) is 23.7. The molecule has 3 fully saturated rings. The summed E-state index contributed by atoms with van der Waals surface area (Å²) in [5, 5.41) is 3.44. The van der Waals surface area contributed by atoms with Gasteiger partial charge in [-0.15, -0.1) is 24.8 Å². The van der Waals surface area contributed by atoms with E-state index < -0.39 is 0 Å². The van der Waals surface area contributed by atoms with Gasteiger partial charge in [0.1, 0.15) is 0 Å². The number of carbonyl (C=O) groups is 2. The summed E-state index contributed by atoms with van der Waals surface area (Å²) in [4.78, 5) is 34.7. The third-order valence-corrected chi connectivity index (χ3v) is 5.98. The number of hydrogen-bond acceptors (Lipinski definition) is 7. The van der Waals surface area contributed by atoms with Gasteiger partial charge in [0, 0.05) is 32.2 Å². The summed E-state index contributed by atoms with van der Waals surface area (Å²) in [7, 11) is 0. The van der Waals surface area contributed by atoms with Crippen LogP contribution in [0.25, 0.3) is 0 Å². The second-order valence-corrected chi connectivity index (χ2v) is 7.54. The largest absolute Gasteiger partial charge is 0.341 e. The number of piperazine rings is 1. The summed E-state index contributed by atoms with van der Waals surface area (Å²) in [5.74, 6) is -0.367. The molecule has 3 rings (SSSR count). The molecule has 0 bridgehead atoms. The molecule has 0 aromatic heterocycles. The average Bonchev–Trinajstić information content (AvgIpc) is 2.72. The van der Waals surface area contributed by atoms with Crippen molar-refractivity contribution in [3.63, 3.8) is 0 Å². The second kappa shape index (κ2) is 13.6. The molecule has 1 atom stereocenters. The first-order valence-corrected chi connectivity index (χ1v) is 10.1. The number of nitrogens with one attached hydrogen (secondary N) is 2. The molecule has 3 saturated heterocycles. The van der Waals surface area contributed by atoms with Gasteiger partial charge in [-0.2, -0.15) is 5.48 Å². The maximum absolute atomic E-state index is 12.1. The maximum atomic E-state index is 12.1. The molecule has 1 unspecified atom stereocenters. The van der Waals surface area contributed by atoms with E-state index in [1.807, 2.05) is 5.48 Å². The molecule has 3 aliphatic heterocycles. The van der Waals surface area contributed by atoms with Crippen molar-refractivity contribution in [2.24, 2.45) is 0 Å². The molecule has 0 spiro atoms. The number of hydroxylamine groups is 1. The van der Waals surface area contributed by atoms with Crippen LogP contribution in [-0.2, 0) is 14.4 Å². The molecule has 8 nitrogen and oxygen atoms in total. The number of piperidine rings is 2. The first-order valence-electron chi connectivity index (χ1n) is 10.1. The zero-order chi connectivity index (χ0) is 18.2. The maximum Gasteiger partial charge on any atom is 0.335 e. The Morgan fingerprint density at radius 1 is 1.00 bits per heavy atom. The van der Waals surface area contributed by atoms with Gasteiger partial charge in [0.05, 0.1) is 12.6 Å². The smallest absolute Gasteiger partial charge is 0.335 e. The lowest BCUT2D eigenvalue weighted by Crippen LogP contribution is -2.59. The van der Waals surface area contributed by atoms with E-state index in [2.05, 4.69) is 20.0 Å². The van der Waals surface area contributed by atoms with Crippen LogP contribution in [0.5, 0.6) is 0 Å².